The zero-order valence-electron chi connectivity index (χ0n) is 17.4. The number of carbonyl (C=O) groups is 1. The van der Waals surface area contributed by atoms with Crippen molar-refractivity contribution in [2.24, 2.45) is 23.7 Å². The summed E-state index contributed by atoms with van der Waals surface area (Å²) >= 11 is 0. The molecule has 0 aromatic heterocycles. The van der Waals surface area contributed by atoms with Gasteiger partial charge in [0.2, 0.25) is 0 Å². The van der Waals surface area contributed by atoms with Crippen LogP contribution >= 0.6 is 0 Å². The van der Waals surface area contributed by atoms with E-state index in [9.17, 15) is 25.2 Å². The van der Waals surface area contributed by atoms with Crippen molar-refractivity contribution >= 4 is 5.97 Å². The first kappa shape index (κ1) is 21.9. The molecular formula is C20H30O11. The molecule has 6 aliphatic rings. The molecule has 31 heavy (non-hydrogen) atoms. The van der Waals surface area contributed by atoms with Crippen molar-refractivity contribution in [3.05, 3.63) is 0 Å². The number of carboxylic acids is 1. The van der Waals surface area contributed by atoms with E-state index in [1.807, 2.05) is 6.92 Å². The van der Waals surface area contributed by atoms with Crippen LogP contribution in [-0.2, 0) is 33.5 Å². The number of aliphatic carboxylic acids is 1. The fourth-order valence-electron chi connectivity index (χ4n) is 6.15. The summed E-state index contributed by atoms with van der Waals surface area (Å²) in [5, 5.41) is 39.6. The number of aliphatic hydroxyl groups excluding tert-OH is 3. The lowest BCUT2D eigenvalue weighted by atomic mass is 9.58. The summed E-state index contributed by atoms with van der Waals surface area (Å²) < 4.78 is 23.4. The predicted octanol–water partition coefficient (Wildman–Crippen LogP) is -0.287. The maximum Gasteiger partial charge on any atom is 0.335 e. The zero-order chi connectivity index (χ0) is 22.1. The third kappa shape index (κ3) is 3.25. The smallest absolute Gasteiger partial charge is 0.335 e. The van der Waals surface area contributed by atoms with Crippen LogP contribution in [-0.4, -0.2) is 81.6 Å². The summed E-state index contributed by atoms with van der Waals surface area (Å²) in [6, 6.07) is 0. The van der Waals surface area contributed by atoms with Crippen molar-refractivity contribution in [1.82, 2.24) is 0 Å². The van der Waals surface area contributed by atoms with Gasteiger partial charge in [0.1, 0.15) is 18.3 Å². The van der Waals surface area contributed by atoms with Gasteiger partial charge in [0.05, 0.1) is 0 Å². The predicted molar refractivity (Wildman–Crippen MR) is 97.6 cm³/mol. The average molecular weight is 446 g/mol. The van der Waals surface area contributed by atoms with Gasteiger partial charge in [0, 0.05) is 18.3 Å². The summed E-state index contributed by atoms with van der Waals surface area (Å²) in [6.07, 6.45) is -7.20. The molecule has 1 spiro atoms. The third-order valence-corrected chi connectivity index (χ3v) is 7.84. The van der Waals surface area contributed by atoms with E-state index in [0.717, 1.165) is 19.3 Å². The highest BCUT2D eigenvalue weighted by Gasteiger charge is 2.68. The monoisotopic (exact) mass is 446 g/mol. The fraction of sp³-hybridized carbons (Fsp3) is 0.950. The lowest BCUT2D eigenvalue weighted by Crippen LogP contribution is -2.70. The molecule has 13 atom stereocenters. The zero-order valence-corrected chi connectivity index (χ0v) is 17.4. The van der Waals surface area contributed by atoms with E-state index in [1.165, 1.54) is 0 Å². The Morgan fingerprint density at radius 2 is 1.65 bits per heavy atom. The van der Waals surface area contributed by atoms with E-state index in [0.29, 0.717) is 12.3 Å². The number of hydrogen-bond acceptors (Lipinski definition) is 10. The highest BCUT2D eigenvalue weighted by Crippen LogP contribution is 2.59. The van der Waals surface area contributed by atoms with Crippen LogP contribution in [0, 0.1) is 23.7 Å². The Kier molecular flexibility index (Phi) is 5.56. The molecule has 5 heterocycles. The molecule has 11 heteroatoms. The molecule has 0 amide bonds. The second-order valence-electron chi connectivity index (χ2n) is 9.51. The molecule has 11 nitrogen and oxygen atoms in total. The standard InChI is InChI=1S/C20H30O11/c1-7-3-4-10-8(2)17(28-18-14(23)12(21)13(22)15(27-18)16(24)25)29-19-20(10)9(7)5-6-11(26-19)30-31-20/h7-15,17-19,21-23H,3-6H2,1-2H3,(H,24,25)/t7-,8-,9+,10+,11-,12+,13?,14?,15+,17-,18+,19+,20-/m1/s1. The Labute approximate surface area is 179 Å². The van der Waals surface area contributed by atoms with Crippen molar-refractivity contribution in [1.29, 1.82) is 0 Å². The van der Waals surface area contributed by atoms with E-state index in [1.54, 1.807) is 0 Å². The Morgan fingerprint density at radius 1 is 0.903 bits per heavy atom. The number of rotatable bonds is 3. The first-order valence-electron chi connectivity index (χ1n) is 11.0. The van der Waals surface area contributed by atoms with E-state index in [4.69, 9.17) is 28.7 Å². The number of ether oxygens (including phenoxy) is 4. The molecule has 0 aromatic carbocycles. The van der Waals surface area contributed by atoms with Crippen molar-refractivity contribution in [2.45, 2.75) is 94.7 Å². The fourth-order valence-corrected chi connectivity index (χ4v) is 6.15. The lowest BCUT2D eigenvalue weighted by molar-refractivity contribution is -0.554. The minimum Gasteiger partial charge on any atom is -0.479 e. The first-order valence-corrected chi connectivity index (χ1v) is 11.0. The third-order valence-electron chi connectivity index (χ3n) is 7.84. The maximum atomic E-state index is 11.4. The second-order valence-corrected chi connectivity index (χ2v) is 9.51. The van der Waals surface area contributed by atoms with Gasteiger partial charge in [0.25, 0.3) is 0 Å². The highest BCUT2D eigenvalue weighted by molar-refractivity contribution is 5.73. The average Bonchev–Trinajstić information content (AvgIpc) is 3.02. The first-order chi connectivity index (χ1) is 14.7. The normalized spacial score (nSPS) is 56.5. The summed E-state index contributed by atoms with van der Waals surface area (Å²) in [7, 11) is 0. The lowest BCUT2D eigenvalue weighted by Gasteiger charge is -2.59. The molecule has 6 rings (SSSR count). The molecule has 1 aliphatic carbocycles. The molecule has 1 saturated carbocycles. The number of fused-ring (bicyclic) bond motifs is 2. The van der Waals surface area contributed by atoms with Crippen molar-refractivity contribution in [3.8, 4) is 0 Å². The van der Waals surface area contributed by atoms with Gasteiger partial charge in [-0.2, -0.15) is 0 Å². The largest absolute Gasteiger partial charge is 0.479 e. The van der Waals surface area contributed by atoms with Crippen LogP contribution in [0.4, 0.5) is 0 Å². The minimum atomic E-state index is -1.78. The molecule has 2 bridgehead atoms. The number of carboxylic acid groups (broad SMARTS) is 1. The van der Waals surface area contributed by atoms with Crippen LogP contribution in [0.1, 0.15) is 39.5 Å². The Balaban J connectivity index is 1.39. The summed E-state index contributed by atoms with van der Waals surface area (Å²) in [5.41, 5.74) is -0.769. The van der Waals surface area contributed by atoms with E-state index in [-0.39, 0.29) is 17.8 Å². The van der Waals surface area contributed by atoms with Gasteiger partial charge in [-0.15, -0.1) is 0 Å². The van der Waals surface area contributed by atoms with Crippen LogP contribution in [0.2, 0.25) is 0 Å². The molecule has 0 aromatic rings. The van der Waals surface area contributed by atoms with E-state index < -0.39 is 61.1 Å². The number of aliphatic hydroxyl groups is 3. The Hall–Kier alpha value is -0.890. The van der Waals surface area contributed by atoms with Crippen molar-refractivity contribution in [2.75, 3.05) is 0 Å². The second kappa shape index (κ2) is 7.86. The van der Waals surface area contributed by atoms with Crippen LogP contribution in [0.15, 0.2) is 0 Å². The van der Waals surface area contributed by atoms with Gasteiger partial charge in [-0.05, 0) is 31.1 Å². The molecule has 5 saturated heterocycles. The van der Waals surface area contributed by atoms with Crippen LogP contribution in [0.3, 0.4) is 0 Å². The van der Waals surface area contributed by atoms with Gasteiger partial charge in [-0.25, -0.2) is 14.6 Å². The molecular weight excluding hydrogens is 416 g/mol. The topological polar surface area (TPSA) is 153 Å². The van der Waals surface area contributed by atoms with Crippen molar-refractivity contribution in [3.63, 3.8) is 0 Å². The molecule has 0 radical (unpaired) electrons. The van der Waals surface area contributed by atoms with Gasteiger partial charge in [-0.1, -0.05) is 13.8 Å². The van der Waals surface area contributed by atoms with Gasteiger partial charge >= 0.3 is 5.97 Å². The molecule has 4 N–H and O–H groups in total. The van der Waals surface area contributed by atoms with Crippen LogP contribution in [0.5, 0.6) is 0 Å². The minimum absolute atomic E-state index is 0.0250. The van der Waals surface area contributed by atoms with E-state index >= 15 is 0 Å². The molecule has 5 aliphatic heterocycles. The van der Waals surface area contributed by atoms with Crippen molar-refractivity contribution < 1.29 is 53.9 Å². The molecule has 6 fully saturated rings. The van der Waals surface area contributed by atoms with Gasteiger partial charge in [-0.3, -0.25) is 0 Å². The Morgan fingerprint density at radius 3 is 2.39 bits per heavy atom. The summed E-state index contributed by atoms with van der Waals surface area (Å²) in [6.45, 7) is 4.13. The number of hydrogen-bond donors (Lipinski definition) is 4. The van der Waals surface area contributed by atoms with Gasteiger partial charge < -0.3 is 39.4 Å². The summed E-state index contributed by atoms with van der Waals surface area (Å²) in [4.78, 5) is 22.9. The summed E-state index contributed by atoms with van der Waals surface area (Å²) in [5.74, 6) is -1.12. The molecule has 2 unspecified atom stereocenters. The van der Waals surface area contributed by atoms with Crippen LogP contribution in [0.25, 0.3) is 0 Å². The quantitative estimate of drug-likeness (QED) is 0.423. The highest BCUT2D eigenvalue weighted by atomic mass is 17.2. The molecule has 176 valence electrons. The Bertz CT molecular complexity index is 705. The maximum absolute atomic E-state index is 11.4. The van der Waals surface area contributed by atoms with E-state index in [2.05, 4.69) is 6.92 Å². The SMILES string of the molecule is C[C@H]1[C@H](O[C@@H]2O[C@H](C(=O)O)C(O)[C@H](O)C2O)O[C@@H]2O[C@H]3CC[C@H]4[C@H](C)CC[C@@H]1[C@@]24OO3. The van der Waals surface area contributed by atoms with Gasteiger partial charge in [0.15, 0.2) is 36.9 Å². The van der Waals surface area contributed by atoms with Crippen LogP contribution < -0.4 is 0 Å².